The number of allylic oxidation sites excluding steroid dienone is 3. The zero-order valence-corrected chi connectivity index (χ0v) is 18.4. The Morgan fingerprint density at radius 1 is 1.39 bits per heavy atom. The number of nitro groups is 1. The second-order valence-corrected chi connectivity index (χ2v) is 9.19. The minimum absolute atomic E-state index is 0.107. The van der Waals surface area contributed by atoms with E-state index in [4.69, 9.17) is 4.74 Å². The van der Waals surface area contributed by atoms with Crippen molar-refractivity contribution in [3.8, 4) is 5.75 Å². The van der Waals surface area contributed by atoms with Crippen LogP contribution < -0.4 is 5.32 Å². The van der Waals surface area contributed by atoms with E-state index in [0.717, 1.165) is 0 Å². The summed E-state index contributed by atoms with van der Waals surface area (Å²) in [4.78, 5) is 37.4. The molecule has 0 fully saturated rings. The summed E-state index contributed by atoms with van der Waals surface area (Å²) in [5.74, 6) is -1.84. The Morgan fingerprint density at radius 3 is 2.68 bits per heavy atom. The van der Waals surface area contributed by atoms with Crippen molar-refractivity contribution in [1.29, 1.82) is 0 Å². The topological polar surface area (TPSA) is 119 Å². The van der Waals surface area contributed by atoms with Gasteiger partial charge in [0.25, 0.3) is 5.69 Å². The molecule has 0 saturated heterocycles. The van der Waals surface area contributed by atoms with Crippen molar-refractivity contribution in [2.75, 3.05) is 6.61 Å². The fourth-order valence-electron chi connectivity index (χ4n) is 4.07. The average molecular weight is 428 g/mol. The summed E-state index contributed by atoms with van der Waals surface area (Å²) >= 11 is 0. The maximum atomic E-state index is 13.4. The average Bonchev–Trinajstić information content (AvgIpc) is 2.68. The van der Waals surface area contributed by atoms with Crippen LogP contribution in [0.2, 0.25) is 0 Å². The van der Waals surface area contributed by atoms with E-state index >= 15 is 0 Å². The summed E-state index contributed by atoms with van der Waals surface area (Å²) in [6.07, 6.45) is 1.22. The van der Waals surface area contributed by atoms with Crippen molar-refractivity contribution < 1.29 is 24.4 Å². The van der Waals surface area contributed by atoms with E-state index in [2.05, 4.69) is 5.32 Å². The first kappa shape index (κ1) is 22.5. The molecule has 1 aliphatic carbocycles. The van der Waals surface area contributed by atoms with E-state index in [1.807, 2.05) is 27.7 Å². The van der Waals surface area contributed by atoms with Gasteiger partial charge in [0.1, 0.15) is 5.75 Å². The number of hydrogen-bond acceptors (Lipinski definition) is 7. The van der Waals surface area contributed by atoms with Crippen LogP contribution in [-0.2, 0) is 14.3 Å². The maximum absolute atomic E-state index is 13.4. The highest BCUT2D eigenvalue weighted by atomic mass is 16.6. The highest BCUT2D eigenvalue weighted by Gasteiger charge is 2.46. The third-order valence-electron chi connectivity index (χ3n) is 5.80. The smallest absolute Gasteiger partial charge is 0.336 e. The minimum Gasteiger partial charge on any atom is -0.508 e. The van der Waals surface area contributed by atoms with Crippen LogP contribution in [0.3, 0.4) is 0 Å². The molecule has 1 unspecified atom stereocenters. The van der Waals surface area contributed by atoms with Crippen LogP contribution in [-0.4, -0.2) is 28.4 Å². The summed E-state index contributed by atoms with van der Waals surface area (Å²) in [5, 5.41) is 25.2. The van der Waals surface area contributed by atoms with Crippen molar-refractivity contribution in [1.82, 2.24) is 5.32 Å². The van der Waals surface area contributed by atoms with Crippen molar-refractivity contribution in [2.24, 2.45) is 11.3 Å². The Morgan fingerprint density at radius 2 is 2.06 bits per heavy atom. The zero-order valence-electron chi connectivity index (χ0n) is 18.4. The number of benzene rings is 1. The van der Waals surface area contributed by atoms with Gasteiger partial charge in [-0.3, -0.25) is 14.9 Å². The third-order valence-corrected chi connectivity index (χ3v) is 5.80. The number of Topliss-reactive ketones (excluding diaryl/α,β-unsaturated/α-hetero) is 1. The van der Waals surface area contributed by atoms with Gasteiger partial charge in [-0.05, 0) is 31.7 Å². The van der Waals surface area contributed by atoms with Crippen LogP contribution in [0, 0.1) is 21.4 Å². The first-order valence-corrected chi connectivity index (χ1v) is 10.3. The van der Waals surface area contributed by atoms with Gasteiger partial charge in [-0.1, -0.05) is 27.7 Å². The number of nitro benzene ring substituents is 1. The number of non-ortho nitro benzene ring substituents is 1. The van der Waals surface area contributed by atoms with E-state index in [-0.39, 0.29) is 40.9 Å². The second-order valence-electron chi connectivity index (χ2n) is 9.19. The largest absolute Gasteiger partial charge is 0.508 e. The van der Waals surface area contributed by atoms with Crippen molar-refractivity contribution in [3.63, 3.8) is 0 Å². The lowest BCUT2D eigenvalue weighted by Gasteiger charge is -2.39. The molecule has 8 heteroatoms. The van der Waals surface area contributed by atoms with E-state index in [1.54, 1.807) is 6.92 Å². The molecule has 1 aliphatic heterocycles. The van der Waals surface area contributed by atoms with Crippen molar-refractivity contribution >= 4 is 17.4 Å². The zero-order chi connectivity index (χ0) is 23.1. The number of ether oxygens (including phenoxy) is 1. The second kappa shape index (κ2) is 8.17. The Labute approximate surface area is 181 Å². The molecule has 2 N–H and O–H groups in total. The molecule has 1 heterocycles. The first-order valence-electron chi connectivity index (χ1n) is 10.3. The molecule has 31 heavy (non-hydrogen) atoms. The number of hydrogen-bond donors (Lipinski definition) is 2. The molecule has 8 nitrogen and oxygen atoms in total. The highest BCUT2D eigenvalue weighted by Crippen LogP contribution is 2.49. The number of rotatable bonds is 5. The predicted octanol–water partition coefficient (Wildman–Crippen LogP) is 4.10. The van der Waals surface area contributed by atoms with Crippen molar-refractivity contribution in [3.05, 3.63) is 56.4 Å². The van der Waals surface area contributed by atoms with Gasteiger partial charge in [0, 0.05) is 40.1 Å². The number of esters is 1. The number of phenolic OH excluding ortho intramolecular Hbond substituents is 1. The van der Waals surface area contributed by atoms with Crippen LogP contribution in [0.15, 0.2) is 40.7 Å². The van der Waals surface area contributed by atoms with Crippen LogP contribution >= 0.6 is 0 Å². The molecule has 166 valence electrons. The van der Waals surface area contributed by atoms with Gasteiger partial charge in [-0.25, -0.2) is 4.79 Å². The molecular weight excluding hydrogens is 400 g/mol. The summed E-state index contributed by atoms with van der Waals surface area (Å²) < 4.78 is 5.46. The van der Waals surface area contributed by atoms with Gasteiger partial charge in [0.05, 0.1) is 23.0 Å². The van der Waals surface area contributed by atoms with Gasteiger partial charge >= 0.3 is 5.97 Å². The Balaban J connectivity index is 2.22. The number of carbonyl (C=O) groups excluding carboxylic acids is 2. The van der Waals surface area contributed by atoms with E-state index in [9.17, 15) is 24.8 Å². The summed E-state index contributed by atoms with van der Waals surface area (Å²) in [6.45, 7) is 9.39. The third kappa shape index (κ3) is 4.19. The monoisotopic (exact) mass is 428 g/mol. The Bertz CT molecular complexity index is 1020. The minimum atomic E-state index is -0.956. The van der Waals surface area contributed by atoms with Crippen LogP contribution in [0.25, 0.3) is 0 Å². The molecule has 0 saturated carbocycles. The van der Waals surface area contributed by atoms with E-state index in [1.165, 1.54) is 18.2 Å². The molecule has 0 spiro atoms. The molecular formula is C23H28N2O6. The standard InChI is InChI=1S/C23H28N2O6/c1-12(2)11-31-22(28)18-13(3)24-16-8-9-23(4,5)21(27)20(16)19(18)15-10-14(25(29)30)6-7-17(15)26/h6-7,10,12,19,24,26H,8-9,11H2,1-5H3. The van der Waals surface area contributed by atoms with Crippen LogP contribution in [0.1, 0.15) is 58.9 Å². The Kier molecular flexibility index (Phi) is 5.93. The van der Waals surface area contributed by atoms with Crippen molar-refractivity contribution in [2.45, 2.75) is 53.4 Å². The van der Waals surface area contributed by atoms with Gasteiger partial charge in [0.2, 0.25) is 0 Å². The number of carbonyl (C=O) groups is 2. The number of aromatic hydroxyl groups is 1. The fraction of sp³-hybridized carbons (Fsp3) is 0.478. The highest BCUT2D eigenvalue weighted by molar-refractivity contribution is 6.06. The molecule has 0 bridgehead atoms. The first-order chi connectivity index (χ1) is 14.4. The van der Waals surface area contributed by atoms with Crippen LogP contribution in [0.5, 0.6) is 5.75 Å². The molecule has 0 aromatic heterocycles. The molecule has 0 amide bonds. The summed E-state index contributed by atoms with van der Waals surface area (Å²) in [5.41, 5.74) is 0.978. The van der Waals surface area contributed by atoms with Gasteiger partial charge in [-0.2, -0.15) is 0 Å². The lowest BCUT2D eigenvalue weighted by Crippen LogP contribution is -2.40. The molecule has 1 aromatic rings. The molecule has 2 aliphatic rings. The summed E-state index contributed by atoms with van der Waals surface area (Å²) in [7, 11) is 0. The van der Waals surface area contributed by atoms with Gasteiger partial charge in [0.15, 0.2) is 5.78 Å². The molecule has 1 atom stereocenters. The number of nitrogens with zero attached hydrogens (tertiary/aromatic N) is 1. The Hall–Kier alpha value is -3.16. The molecule has 3 rings (SSSR count). The SMILES string of the molecule is CC1=C(C(=O)OCC(C)C)C(c2cc([N+](=O)[O-])ccc2O)C2=C(CCC(C)(C)C2=O)N1. The maximum Gasteiger partial charge on any atom is 0.336 e. The molecule has 1 aromatic carbocycles. The lowest BCUT2D eigenvalue weighted by atomic mass is 9.67. The molecule has 0 radical (unpaired) electrons. The number of nitrogens with one attached hydrogen (secondary N) is 1. The normalized spacial score (nSPS) is 20.5. The van der Waals surface area contributed by atoms with Gasteiger partial charge < -0.3 is 15.2 Å². The lowest BCUT2D eigenvalue weighted by molar-refractivity contribution is -0.384. The van der Waals surface area contributed by atoms with Gasteiger partial charge in [-0.15, -0.1) is 0 Å². The summed E-state index contributed by atoms with van der Waals surface area (Å²) in [6, 6.07) is 3.64. The predicted molar refractivity (Wildman–Crippen MR) is 114 cm³/mol. The fourth-order valence-corrected chi connectivity index (χ4v) is 4.07. The van der Waals surface area contributed by atoms with Crippen LogP contribution in [0.4, 0.5) is 5.69 Å². The van der Waals surface area contributed by atoms with E-state index in [0.29, 0.717) is 29.8 Å². The number of dihydropyridines is 1. The van der Waals surface area contributed by atoms with E-state index < -0.39 is 22.2 Å². The number of ketones is 1. The quantitative estimate of drug-likeness (QED) is 0.412. The number of phenols is 1.